The van der Waals surface area contributed by atoms with E-state index in [-0.39, 0.29) is 34.0 Å². The average Bonchev–Trinajstić information content (AvgIpc) is 0.770. The van der Waals surface area contributed by atoms with E-state index in [1.165, 1.54) is 19.4 Å². The van der Waals surface area contributed by atoms with Gasteiger partial charge in [0.2, 0.25) is 6.29 Å². The van der Waals surface area contributed by atoms with E-state index in [9.17, 15) is 86.8 Å². The summed E-state index contributed by atoms with van der Waals surface area (Å²) < 4.78 is 84.5. The highest BCUT2D eigenvalue weighted by Gasteiger charge is 2.71. The first kappa shape index (κ1) is 77.6. The number of aliphatic hydroxyl groups excluding tert-OH is 15. The smallest absolute Gasteiger partial charge is 0.315 e. The van der Waals surface area contributed by atoms with Gasteiger partial charge in [0.15, 0.2) is 43.8 Å². The van der Waals surface area contributed by atoms with Crippen LogP contribution in [0.4, 0.5) is 0 Å². The van der Waals surface area contributed by atoms with E-state index in [1.54, 1.807) is 0 Å². The minimum absolute atomic E-state index is 0.0965. The zero-order valence-corrected chi connectivity index (χ0v) is 58.2. The van der Waals surface area contributed by atoms with Crippen molar-refractivity contribution in [1.29, 1.82) is 0 Å². The van der Waals surface area contributed by atoms with Gasteiger partial charge in [-0.3, -0.25) is 4.79 Å². The van der Waals surface area contributed by atoms with E-state index >= 15 is 4.79 Å². The predicted octanol–water partition coefficient (Wildman–Crippen LogP) is -3.95. The van der Waals surface area contributed by atoms with Crippen LogP contribution in [0.25, 0.3) is 0 Å². The number of fused-ring (bicyclic) bond motifs is 7. The van der Waals surface area contributed by atoms with Crippen LogP contribution in [0.3, 0.4) is 0 Å². The molecule has 12 aliphatic rings. The third-order valence-electron chi connectivity index (χ3n) is 26.4. The van der Waals surface area contributed by atoms with Crippen LogP contribution in [0, 0.1) is 50.2 Å². The standard InChI is InChI=1S/C68H110O32/c1-28-38(74)41(77)42(78)54(91-28)98-49-45(81)55(92-29(2)46(49)95-53-43(79)47(33(73)23-87-53)96-58-51(82)67(85,24-70)26-89-58)99-50-39(75)32(72)22-88-57(50)100-60(84)66-18-16-61(3,4)20-31(66)30-10-11-36-63(7)14-13-37(62(5,6)35(63)12-15-65(36,9)64(30,8)17-19-66)94-56-44(80)48(40(76)34(21-69)93-56)97-59-52(83)68(86,25-71)27-90-59/h10,28-29,31-59,69-83,85-86H,11-27H2,1-9H3/t28-,29-,31-,32+,33+,34+,35-,36+,37-,38-,39-,40+,41+,42+,43+,44+,45+,46-,47-,48-,49-,50+,51-,52-,53-,54-,55-,56-,57-,58-,59-,63-,64+,65+,66-,67+,68+/m0/s1. The molecule has 0 aromatic rings. The Balaban J connectivity index is 0.762. The van der Waals surface area contributed by atoms with Gasteiger partial charge in [-0.25, -0.2) is 0 Å². The van der Waals surface area contributed by atoms with E-state index in [0.29, 0.717) is 44.9 Å². The normalized spacial score (nSPS) is 54.6. The summed E-state index contributed by atoms with van der Waals surface area (Å²) in [5.41, 5.74) is -5.73. The molecule has 0 radical (unpaired) electrons. The summed E-state index contributed by atoms with van der Waals surface area (Å²) in [5, 5.41) is 186. The van der Waals surface area contributed by atoms with Crippen LogP contribution in [0.15, 0.2) is 11.6 Å². The van der Waals surface area contributed by atoms with Crippen LogP contribution < -0.4 is 0 Å². The molecule has 32 heteroatoms. The first-order chi connectivity index (χ1) is 46.9. The number of aliphatic hydroxyl groups is 17. The molecule has 4 saturated carbocycles. The van der Waals surface area contributed by atoms with Crippen LogP contribution in [-0.4, -0.2) is 322 Å². The van der Waals surface area contributed by atoms with Gasteiger partial charge < -0.3 is 153 Å². The van der Waals surface area contributed by atoms with Crippen molar-refractivity contribution in [2.75, 3.05) is 46.2 Å². The van der Waals surface area contributed by atoms with E-state index in [0.717, 1.165) is 19.3 Å². The second kappa shape index (κ2) is 28.5. The molecule has 0 aromatic carbocycles. The first-order valence-corrected chi connectivity index (χ1v) is 35.6. The van der Waals surface area contributed by atoms with Gasteiger partial charge in [0.25, 0.3) is 0 Å². The molecular weight excluding hydrogens is 1330 g/mol. The molecule has 32 nitrogen and oxygen atoms in total. The molecular formula is C68H110O32. The lowest BCUT2D eigenvalue weighted by molar-refractivity contribution is -0.393. The quantitative estimate of drug-likeness (QED) is 0.0375. The lowest BCUT2D eigenvalue weighted by Gasteiger charge is -2.71. The molecule has 17 N–H and O–H groups in total. The number of rotatable bonds is 17. The van der Waals surface area contributed by atoms with Crippen molar-refractivity contribution in [2.45, 2.75) is 310 Å². The fourth-order valence-electron chi connectivity index (χ4n) is 19.8. The Hall–Kier alpha value is -1.99. The summed E-state index contributed by atoms with van der Waals surface area (Å²) in [6.07, 6.45) is -36.3. The largest absolute Gasteiger partial charge is 0.432 e. The van der Waals surface area contributed by atoms with Gasteiger partial charge in [-0.05, 0) is 123 Å². The molecule has 0 unspecified atom stereocenters. The number of carbonyl (C=O) groups excluding carboxylic acids is 1. The Kier molecular flexibility index (Phi) is 22.2. The van der Waals surface area contributed by atoms with Gasteiger partial charge in [0, 0.05) is 0 Å². The van der Waals surface area contributed by atoms with E-state index < -0.39 is 252 Å². The maximum Gasteiger partial charge on any atom is 0.315 e. The number of esters is 1. The highest BCUT2D eigenvalue weighted by molar-refractivity contribution is 5.79. The highest BCUT2D eigenvalue weighted by atomic mass is 16.8. The molecule has 12 rings (SSSR count). The number of hydrogen-bond donors (Lipinski definition) is 17. The summed E-state index contributed by atoms with van der Waals surface area (Å²) in [6, 6.07) is 0. The fourth-order valence-corrected chi connectivity index (χ4v) is 19.8. The SMILES string of the molecule is C[C@@H]1O[C@@H](O[C@H]2[C@@H](O)[C@H](O[C@H]3[C@H](OC(=O)[C@]45CCC(C)(C)C[C@H]4C4=CC[C@@H]6[C@@]7(C)CC[C@H](O[C@@H]8O[C@H](CO)[C@@H](O)[C@H](O[C@@H]9OC[C@](O)(CO)[C@H]9O)[C@H]8O)C(C)(C)[C@@H]7CC[C@@]6(C)[C@]4(C)CC5)OC[C@@H](O)[C@@H]3O)O[C@@H](C)[C@@H]2O[C@@H]2OC[C@@H](O)[C@H](O[C@@H]3OC[C@](O)(CO)[C@H]3O)[C@H]2O)[C@H](O)[C@H](O)[C@H]1O. The predicted molar refractivity (Wildman–Crippen MR) is 334 cm³/mol. The van der Waals surface area contributed by atoms with Gasteiger partial charge in [-0.1, -0.05) is 60.1 Å². The number of hydrogen-bond acceptors (Lipinski definition) is 32. The van der Waals surface area contributed by atoms with Crippen molar-refractivity contribution in [2.24, 2.45) is 50.2 Å². The molecule has 100 heavy (non-hydrogen) atoms. The van der Waals surface area contributed by atoms with Gasteiger partial charge in [0.1, 0.15) is 115 Å². The summed E-state index contributed by atoms with van der Waals surface area (Å²) >= 11 is 0. The number of allylic oxidation sites excluding steroid dienone is 2. The highest BCUT2D eigenvalue weighted by Crippen LogP contribution is 2.76. The fraction of sp³-hybridized carbons (Fsp3) is 0.956. The van der Waals surface area contributed by atoms with Crippen LogP contribution in [0.5, 0.6) is 0 Å². The van der Waals surface area contributed by atoms with Crippen molar-refractivity contribution >= 4 is 5.97 Å². The summed E-state index contributed by atoms with van der Waals surface area (Å²) in [6.45, 7) is 14.2. The summed E-state index contributed by atoms with van der Waals surface area (Å²) in [7, 11) is 0. The molecule has 7 aliphatic heterocycles. The molecule has 0 amide bonds. The molecule has 11 fully saturated rings. The van der Waals surface area contributed by atoms with Crippen LogP contribution in [0.2, 0.25) is 0 Å². The first-order valence-electron chi connectivity index (χ1n) is 35.6. The molecule has 0 aromatic heterocycles. The maximum absolute atomic E-state index is 15.7. The second-order valence-electron chi connectivity index (χ2n) is 33.1. The third-order valence-corrected chi connectivity index (χ3v) is 26.4. The van der Waals surface area contributed by atoms with Gasteiger partial charge in [-0.2, -0.15) is 0 Å². The molecule has 7 heterocycles. The third kappa shape index (κ3) is 13.1. The van der Waals surface area contributed by atoms with Crippen LogP contribution >= 0.6 is 0 Å². The Labute approximate surface area is 580 Å². The van der Waals surface area contributed by atoms with Crippen molar-refractivity contribution in [3.63, 3.8) is 0 Å². The molecule has 7 saturated heterocycles. The Morgan fingerprint density at radius 3 is 1.69 bits per heavy atom. The number of ether oxygens (including phenoxy) is 14. The molecule has 5 aliphatic carbocycles. The second-order valence-corrected chi connectivity index (χ2v) is 33.1. The molecule has 574 valence electrons. The van der Waals surface area contributed by atoms with Gasteiger partial charge in [0.05, 0.1) is 70.0 Å². The van der Waals surface area contributed by atoms with Crippen molar-refractivity contribution < 1.29 is 158 Å². The maximum atomic E-state index is 15.7. The van der Waals surface area contributed by atoms with Crippen molar-refractivity contribution in [3.8, 4) is 0 Å². The van der Waals surface area contributed by atoms with E-state index in [1.807, 2.05) is 0 Å². The van der Waals surface area contributed by atoms with Gasteiger partial charge >= 0.3 is 5.97 Å². The monoisotopic (exact) mass is 1440 g/mol. The minimum atomic E-state index is -2.12. The lowest BCUT2D eigenvalue weighted by Crippen LogP contribution is -2.67. The Morgan fingerprint density at radius 2 is 1.05 bits per heavy atom. The van der Waals surface area contributed by atoms with Crippen LogP contribution in [0.1, 0.15) is 127 Å². The van der Waals surface area contributed by atoms with Crippen LogP contribution in [-0.2, 0) is 71.1 Å². The van der Waals surface area contributed by atoms with E-state index in [4.69, 9.17) is 66.3 Å². The van der Waals surface area contributed by atoms with Crippen molar-refractivity contribution in [3.05, 3.63) is 11.6 Å². The van der Waals surface area contributed by atoms with E-state index in [2.05, 4.69) is 54.5 Å². The van der Waals surface area contributed by atoms with Crippen molar-refractivity contribution in [1.82, 2.24) is 0 Å². The minimum Gasteiger partial charge on any atom is -0.432 e. The summed E-state index contributed by atoms with van der Waals surface area (Å²) in [5.74, 6) is -0.653. The Morgan fingerprint density at radius 1 is 0.500 bits per heavy atom. The topological polar surface area (TPSA) is 490 Å². The zero-order chi connectivity index (χ0) is 72.7. The number of carbonyl (C=O) groups is 1. The molecule has 0 spiro atoms. The average molecular weight is 1440 g/mol. The molecule has 0 bridgehead atoms. The van der Waals surface area contributed by atoms with Gasteiger partial charge in [-0.15, -0.1) is 0 Å². The lowest BCUT2D eigenvalue weighted by atomic mass is 9.33. The zero-order valence-electron chi connectivity index (χ0n) is 58.2. The summed E-state index contributed by atoms with van der Waals surface area (Å²) in [4.78, 5) is 15.7. The molecule has 37 atom stereocenters. The Bertz CT molecular complexity index is 2880.